The number of ether oxygens (including phenoxy) is 1. The van der Waals surface area contributed by atoms with Crippen molar-refractivity contribution in [3.8, 4) is 5.75 Å². The fraction of sp³-hybridized carbons (Fsp3) is 0.257. The number of benzene rings is 7. The van der Waals surface area contributed by atoms with Gasteiger partial charge in [-0.25, -0.2) is 0 Å². The van der Waals surface area contributed by atoms with Gasteiger partial charge in [-0.05, 0) is 157 Å². The molecule has 0 unspecified atom stereocenters. The van der Waals surface area contributed by atoms with E-state index in [0.717, 1.165) is 111 Å². The zero-order valence-electron chi connectivity index (χ0n) is 46.5. The zero-order valence-corrected chi connectivity index (χ0v) is 46.5. The molecule has 388 valence electrons. The van der Waals surface area contributed by atoms with E-state index >= 15 is 0 Å². The van der Waals surface area contributed by atoms with Crippen LogP contribution < -0.4 is 4.74 Å². The molecule has 76 heavy (non-hydrogen) atoms. The van der Waals surface area contributed by atoms with E-state index < -0.39 is 0 Å². The first-order chi connectivity index (χ1) is 37.3. The van der Waals surface area contributed by atoms with Gasteiger partial charge in [-0.1, -0.05) is 268 Å². The zero-order chi connectivity index (χ0) is 53.5. The van der Waals surface area contributed by atoms with Crippen LogP contribution in [-0.4, -0.2) is 13.4 Å². The molecule has 0 N–H and O–H groups in total. The van der Waals surface area contributed by atoms with E-state index in [4.69, 9.17) is 4.74 Å². The Morgan fingerprint density at radius 2 is 0.461 bits per heavy atom. The SMILES string of the molecule is CCCc1cc(/C=C/c2ccc(/C=C/c3cc(CCC)c(/C=C/c4ccc(/C=C/c5cc(CCC)c(/C=C/c6ccc(/C=C/c7ccc(OC)cc7)cc6)cc5CCC)cc4)cc3CCC)cc2)c(CCC)cc1C=O. The number of hydrogen-bond donors (Lipinski definition) is 0. The first-order valence-electron chi connectivity index (χ1n) is 28.2. The van der Waals surface area contributed by atoms with Crippen LogP contribution in [0.1, 0.15) is 191 Å². The highest BCUT2D eigenvalue weighted by atomic mass is 16.5. The summed E-state index contributed by atoms with van der Waals surface area (Å²) in [4.78, 5) is 11.8. The second-order valence-electron chi connectivity index (χ2n) is 20.1. The molecule has 0 fully saturated rings. The number of rotatable bonds is 26. The topological polar surface area (TPSA) is 26.3 Å². The second kappa shape index (κ2) is 29.5. The predicted octanol–water partition coefficient (Wildman–Crippen LogP) is 20.2. The molecule has 7 aromatic carbocycles. The minimum absolute atomic E-state index is 0.833. The molecule has 0 saturated heterocycles. The lowest BCUT2D eigenvalue weighted by Crippen LogP contribution is -1.98. The van der Waals surface area contributed by atoms with Crippen molar-refractivity contribution in [1.82, 2.24) is 0 Å². The summed E-state index contributed by atoms with van der Waals surface area (Å²) in [5.74, 6) is 0.868. The number of aldehydes is 1. The number of hydrogen-bond acceptors (Lipinski definition) is 2. The van der Waals surface area contributed by atoms with Gasteiger partial charge in [0, 0.05) is 5.56 Å². The molecule has 2 nitrogen and oxygen atoms in total. The lowest BCUT2D eigenvalue weighted by molar-refractivity contribution is 0.112. The average Bonchev–Trinajstić information content (AvgIpc) is 3.45. The normalized spacial score (nSPS) is 12.0. The summed E-state index contributed by atoms with van der Waals surface area (Å²) in [6, 6.07) is 48.7. The minimum atomic E-state index is 0.833. The summed E-state index contributed by atoms with van der Waals surface area (Å²) in [5, 5.41) is 0. The largest absolute Gasteiger partial charge is 0.497 e. The van der Waals surface area contributed by atoms with E-state index in [1.165, 1.54) is 83.5 Å². The third-order valence-electron chi connectivity index (χ3n) is 14.1. The maximum Gasteiger partial charge on any atom is 0.150 e. The number of carbonyl (C=O) groups excluding carboxylic acids is 1. The van der Waals surface area contributed by atoms with Gasteiger partial charge in [-0.15, -0.1) is 0 Å². The van der Waals surface area contributed by atoms with Gasteiger partial charge >= 0.3 is 0 Å². The van der Waals surface area contributed by atoms with Crippen LogP contribution in [0.4, 0.5) is 0 Å². The lowest BCUT2D eigenvalue weighted by atomic mass is 9.92. The van der Waals surface area contributed by atoms with E-state index in [0.29, 0.717) is 0 Å². The van der Waals surface area contributed by atoms with Crippen molar-refractivity contribution in [3.05, 3.63) is 239 Å². The van der Waals surface area contributed by atoms with E-state index in [1.807, 2.05) is 12.1 Å². The summed E-state index contributed by atoms with van der Waals surface area (Å²) >= 11 is 0. The molecule has 0 aliphatic rings. The van der Waals surface area contributed by atoms with E-state index in [9.17, 15) is 4.79 Å². The van der Waals surface area contributed by atoms with Gasteiger partial charge in [0.05, 0.1) is 7.11 Å². The van der Waals surface area contributed by atoms with Gasteiger partial charge in [0.15, 0.2) is 0 Å². The van der Waals surface area contributed by atoms with Gasteiger partial charge in [0.1, 0.15) is 12.0 Å². The van der Waals surface area contributed by atoms with E-state index in [-0.39, 0.29) is 0 Å². The van der Waals surface area contributed by atoms with Crippen molar-refractivity contribution in [3.63, 3.8) is 0 Å². The van der Waals surface area contributed by atoms with Gasteiger partial charge in [0.25, 0.3) is 0 Å². The summed E-state index contributed by atoms with van der Waals surface area (Å²) < 4.78 is 5.30. The molecule has 7 rings (SSSR count). The molecule has 2 heteroatoms. The molecule has 0 radical (unpaired) electrons. The summed E-state index contributed by atoms with van der Waals surface area (Å²) in [6.07, 6.45) is 40.5. The number of carbonyl (C=O) groups is 1. The number of methoxy groups -OCH3 is 1. The highest BCUT2D eigenvalue weighted by molar-refractivity contribution is 5.82. The van der Waals surface area contributed by atoms with E-state index in [2.05, 4.69) is 236 Å². The Morgan fingerprint density at radius 1 is 0.276 bits per heavy atom. The van der Waals surface area contributed by atoms with Crippen molar-refractivity contribution in [2.45, 2.75) is 119 Å². The maximum atomic E-state index is 11.8. The van der Waals surface area contributed by atoms with Crippen LogP contribution in [0.15, 0.2) is 133 Å². The molecular weight excluding hydrogens is 921 g/mol. The molecule has 0 atom stereocenters. The maximum absolute atomic E-state index is 11.8. The summed E-state index contributed by atoms with van der Waals surface area (Å²) in [5.41, 5.74) is 23.5. The first-order valence-corrected chi connectivity index (χ1v) is 28.2. The van der Waals surface area contributed by atoms with Gasteiger partial charge in [-0.3, -0.25) is 4.79 Å². The molecular formula is C74H80O2. The van der Waals surface area contributed by atoms with Crippen molar-refractivity contribution in [2.75, 3.05) is 7.11 Å². The van der Waals surface area contributed by atoms with Crippen LogP contribution in [0.3, 0.4) is 0 Å². The minimum Gasteiger partial charge on any atom is -0.497 e. The fourth-order valence-corrected chi connectivity index (χ4v) is 9.98. The summed E-state index contributed by atoms with van der Waals surface area (Å²) in [7, 11) is 1.69. The quantitative estimate of drug-likeness (QED) is 0.0399. The van der Waals surface area contributed by atoms with Crippen molar-refractivity contribution >= 4 is 79.2 Å². The fourth-order valence-electron chi connectivity index (χ4n) is 9.98. The second-order valence-corrected chi connectivity index (χ2v) is 20.1. The lowest BCUT2D eigenvalue weighted by Gasteiger charge is -2.13. The Bertz CT molecular complexity index is 3150. The average molecular weight is 1000 g/mol. The molecule has 0 aliphatic carbocycles. The van der Waals surface area contributed by atoms with Crippen LogP contribution >= 0.6 is 0 Å². The van der Waals surface area contributed by atoms with Crippen LogP contribution in [0.5, 0.6) is 5.75 Å². The van der Waals surface area contributed by atoms with Crippen LogP contribution in [0.25, 0.3) is 72.9 Å². The van der Waals surface area contributed by atoms with Crippen LogP contribution in [0.2, 0.25) is 0 Å². The molecule has 0 saturated carbocycles. The molecule has 7 aromatic rings. The van der Waals surface area contributed by atoms with Crippen molar-refractivity contribution in [1.29, 1.82) is 0 Å². The Balaban J connectivity index is 1.02. The third kappa shape index (κ3) is 16.2. The Labute approximate surface area is 457 Å². The molecule has 0 amide bonds. The standard InChI is InChI=1S/C74H80O2/c1-8-14-62-49-69(63(15-9-2)48-68(62)41-34-56-23-20-55(21-24-56)22-33-61-39-46-74(76-7)47-40-61)42-35-57-25-27-58(28-26-57)36-43-70-50-65(17-11-4)71(51-64(70)16-10-3)44-37-59-29-31-60(32-30-59)38-45-72-52-67(19-13-6)73(54-75)53-66(72)18-12-5/h20-54H,8-19H2,1-7H3/b33-22+,41-34+,42-35+,43-36+,44-37+,45-38+. The Morgan fingerprint density at radius 3 is 0.658 bits per heavy atom. The monoisotopic (exact) mass is 1000 g/mol. The van der Waals surface area contributed by atoms with Crippen LogP contribution in [0, 0.1) is 0 Å². The van der Waals surface area contributed by atoms with Gasteiger partial charge < -0.3 is 4.74 Å². The van der Waals surface area contributed by atoms with Crippen LogP contribution in [-0.2, 0) is 38.5 Å². The Hall–Kier alpha value is -7.55. The molecule has 0 aromatic heterocycles. The Kier molecular flexibility index (Phi) is 21.8. The summed E-state index contributed by atoms with van der Waals surface area (Å²) in [6.45, 7) is 13.4. The highest BCUT2D eigenvalue weighted by Crippen LogP contribution is 2.28. The third-order valence-corrected chi connectivity index (χ3v) is 14.1. The van der Waals surface area contributed by atoms with Crippen molar-refractivity contribution < 1.29 is 9.53 Å². The first kappa shape index (κ1) is 56.2. The predicted molar refractivity (Wildman–Crippen MR) is 335 cm³/mol. The smallest absolute Gasteiger partial charge is 0.150 e. The molecule has 0 aliphatic heterocycles. The highest BCUT2D eigenvalue weighted by Gasteiger charge is 2.11. The van der Waals surface area contributed by atoms with Crippen molar-refractivity contribution in [2.24, 2.45) is 0 Å². The van der Waals surface area contributed by atoms with Gasteiger partial charge in [0.2, 0.25) is 0 Å². The van der Waals surface area contributed by atoms with Gasteiger partial charge in [-0.2, -0.15) is 0 Å². The van der Waals surface area contributed by atoms with E-state index in [1.54, 1.807) is 7.11 Å². The molecule has 0 heterocycles. The molecule has 0 bridgehead atoms. The number of aryl methyl sites for hydroxylation is 6. The molecule has 0 spiro atoms.